The standard InChI is InChI=1S/C41H45FO8/c1-4-5-6-7-8-9-38-36(22-23-37(39(38)42)33-16-20-35(21-17-33)48-27-50-41(46)29(3)25-44)32-12-10-30(11-13-32)31-14-18-34(19-15-31)47-26-49-40(45)28(2)24-43/h10-23,41,43-44,46H,2-9,24-27H2,1H3. The monoisotopic (exact) mass is 684 g/mol. The number of aliphatic hydroxyl groups excluding tert-OH is 3. The van der Waals surface area contributed by atoms with Crippen molar-refractivity contribution >= 4 is 5.97 Å². The van der Waals surface area contributed by atoms with Gasteiger partial charge in [-0.1, -0.05) is 106 Å². The van der Waals surface area contributed by atoms with E-state index in [2.05, 4.69) is 20.1 Å². The Morgan fingerprint density at radius 1 is 0.700 bits per heavy atom. The van der Waals surface area contributed by atoms with Gasteiger partial charge in [0.1, 0.15) is 17.3 Å². The maximum Gasteiger partial charge on any atom is 0.338 e. The minimum Gasteiger partial charge on any atom is -0.467 e. The van der Waals surface area contributed by atoms with Crippen LogP contribution in [0.25, 0.3) is 33.4 Å². The van der Waals surface area contributed by atoms with Crippen LogP contribution in [0.3, 0.4) is 0 Å². The average Bonchev–Trinajstić information content (AvgIpc) is 3.15. The number of carbonyl (C=O) groups excluding carboxylic acids is 1. The van der Waals surface area contributed by atoms with Gasteiger partial charge in [-0.2, -0.15) is 0 Å². The topological polar surface area (TPSA) is 115 Å². The molecule has 0 aliphatic carbocycles. The van der Waals surface area contributed by atoms with Crippen LogP contribution in [-0.4, -0.2) is 54.4 Å². The van der Waals surface area contributed by atoms with Crippen LogP contribution >= 0.6 is 0 Å². The largest absolute Gasteiger partial charge is 0.467 e. The average molecular weight is 685 g/mol. The smallest absolute Gasteiger partial charge is 0.338 e. The third-order valence-corrected chi connectivity index (χ3v) is 8.22. The summed E-state index contributed by atoms with van der Waals surface area (Å²) in [6.07, 6.45) is 4.62. The number of ether oxygens (including phenoxy) is 4. The minimum absolute atomic E-state index is 0.0454. The Bertz CT molecular complexity index is 1700. The molecule has 4 aromatic carbocycles. The highest BCUT2D eigenvalue weighted by Crippen LogP contribution is 2.35. The van der Waals surface area contributed by atoms with Crippen LogP contribution in [0.15, 0.2) is 109 Å². The van der Waals surface area contributed by atoms with Crippen molar-refractivity contribution < 1.29 is 43.5 Å². The zero-order chi connectivity index (χ0) is 35.9. The van der Waals surface area contributed by atoms with Gasteiger partial charge >= 0.3 is 5.97 Å². The van der Waals surface area contributed by atoms with Gasteiger partial charge < -0.3 is 34.3 Å². The Morgan fingerprint density at radius 3 is 1.82 bits per heavy atom. The van der Waals surface area contributed by atoms with E-state index in [0.717, 1.165) is 54.4 Å². The SMILES string of the molecule is C=C(CO)C(=O)OCOc1ccc(-c2ccc(-c3ccc(-c4ccc(OCOC(O)C(=C)CO)cc4)c(F)c3CCCCCCC)cc2)cc1. The second kappa shape index (κ2) is 19.4. The molecule has 4 aromatic rings. The van der Waals surface area contributed by atoms with Gasteiger partial charge in [0.25, 0.3) is 0 Å². The quantitative estimate of drug-likeness (QED) is 0.0282. The molecule has 0 heterocycles. The first-order valence-electron chi connectivity index (χ1n) is 16.7. The van der Waals surface area contributed by atoms with Crippen molar-refractivity contribution in [2.45, 2.75) is 51.7 Å². The Kier molecular flexibility index (Phi) is 14.8. The third-order valence-electron chi connectivity index (χ3n) is 8.22. The second-order valence-electron chi connectivity index (χ2n) is 11.8. The molecule has 1 unspecified atom stereocenters. The molecule has 9 heteroatoms. The van der Waals surface area contributed by atoms with E-state index in [1.54, 1.807) is 36.4 Å². The summed E-state index contributed by atoms with van der Waals surface area (Å²) in [5.41, 5.74) is 5.69. The number of unbranched alkanes of at least 4 members (excludes halogenated alkanes) is 4. The van der Waals surface area contributed by atoms with Crippen LogP contribution in [-0.2, 0) is 20.7 Å². The van der Waals surface area contributed by atoms with E-state index < -0.39 is 25.5 Å². The number of hydrogen-bond acceptors (Lipinski definition) is 8. The summed E-state index contributed by atoms with van der Waals surface area (Å²) in [6, 6.07) is 26.2. The molecule has 1 atom stereocenters. The van der Waals surface area contributed by atoms with Crippen LogP contribution in [0, 0.1) is 5.82 Å². The molecule has 0 fully saturated rings. The minimum atomic E-state index is -1.33. The molecule has 0 saturated heterocycles. The number of benzene rings is 4. The molecule has 0 aromatic heterocycles. The van der Waals surface area contributed by atoms with Gasteiger partial charge in [0, 0.05) is 11.1 Å². The summed E-state index contributed by atoms with van der Waals surface area (Å²) in [5.74, 6) is 0.0409. The van der Waals surface area contributed by atoms with Crippen molar-refractivity contribution in [2.75, 3.05) is 26.8 Å². The second-order valence-corrected chi connectivity index (χ2v) is 11.8. The van der Waals surface area contributed by atoms with Crippen molar-refractivity contribution in [3.05, 3.63) is 121 Å². The van der Waals surface area contributed by atoms with E-state index in [1.807, 2.05) is 48.5 Å². The van der Waals surface area contributed by atoms with E-state index in [0.29, 0.717) is 34.6 Å². The zero-order valence-electron chi connectivity index (χ0n) is 28.4. The van der Waals surface area contributed by atoms with Crippen molar-refractivity contribution in [1.82, 2.24) is 0 Å². The Balaban J connectivity index is 1.49. The number of halogens is 1. The van der Waals surface area contributed by atoms with E-state index in [4.69, 9.17) is 29.2 Å². The predicted octanol–water partition coefficient (Wildman–Crippen LogP) is 7.99. The molecule has 0 aliphatic heterocycles. The van der Waals surface area contributed by atoms with Crippen molar-refractivity contribution in [1.29, 1.82) is 0 Å². The summed E-state index contributed by atoms with van der Waals surface area (Å²) in [6.45, 7) is 7.69. The Hall–Kier alpha value is -4.80. The highest BCUT2D eigenvalue weighted by molar-refractivity contribution is 5.87. The molecule has 0 spiro atoms. The number of rotatable bonds is 20. The van der Waals surface area contributed by atoms with Gasteiger partial charge in [0.05, 0.1) is 18.8 Å². The van der Waals surface area contributed by atoms with Gasteiger partial charge in [0.2, 0.25) is 6.79 Å². The fourth-order valence-electron chi connectivity index (χ4n) is 5.26. The van der Waals surface area contributed by atoms with E-state index in [1.165, 1.54) is 0 Å². The summed E-state index contributed by atoms with van der Waals surface area (Å²) < 4.78 is 37.4. The van der Waals surface area contributed by atoms with Crippen LogP contribution in [0.2, 0.25) is 0 Å². The lowest BCUT2D eigenvalue weighted by Gasteiger charge is -2.16. The molecular formula is C41H45FO8. The molecule has 264 valence electrons. The van der Waals surface area contributed by atoms with E-state index in [9.17, 15) is 9.90 Å². The maximum atomic E-state index is 16.4. The van der Waals surface area contributed by atoms with Crippen LogP contribution in [0.1, 0.15) is 44.6 Å². The number of aliphatic hydroxyl groups is 3. The van der Waals surface area contributed by atoms with Crippen molar-refractivity contribution in [3.8, 4) is 44.9 Å². The first-order valence-corrected chi connectivity index (χ1v) is 16.7. The van der Waals surface area contributed by atoms with Crippen molar-refractivity contribution in [2.24, 2.45) is 0 Å². The first kappa shape index (κ1) is 38.0. The molecule has 0 bridgehead atoms. The predicted molar refractivity (Wildman–Crippen MR) is 192 cm³/mol. The number of esters is 1. The van der Waals surface area contributed by atoms with Crippen LogP contribution < -0.4 is 9.47 Å². The normalized spacial score (nSPS) is 11.5. The Labute approximate surface area is 293 Å². The van der Waals surface area contributed by atoms with E-state index >= 15 is 4.39 Å². The van der Waals surface area contributed by atoms with Gasteiger partial charge in [-0.3, -0.25) is 0 Å². The van der Waals surface area contributed by atoms with Crippen LogP contribution in [0.5, 0.6) is 11.5 Å². The molecule has 0 aliphatic rings. The molecule has 0 amide bonds. The lowest BCUT2D eigenvalue weighted by molar-refractivity contribution is -0.145. The molecule has 0 saturated carbocycles. The van der Waals surface area contributed by atoms with Crippen molar-refractivity contribution in [3.63, 3.8) is 0 Å². The molecule has 8 nitrogen and oxygen atoms in total. The Morgan fingerprint density at radius 2 is 1.22 bits per heavy atom. The summed E-state index contributed by atoms with van der Waals surface area (Å²) >= 11 is 0. The summed E-state index contributed by atoms with van der Waals surface area (Å²) in [5, 5.41) is 27.8. The zero-order valence-corrected chi connectivity index (χ0v) is 28.4. The molecular weight excluding hydrogens is 639 g/mol. The van der Waals surface area contributed by atoms with Crippen LogP contribution in [0.4, 0.5) is 4.39 Å². The third kappa shape index (κ3) is 10.6. The fraction of sp³-hybridized carbons (Fsp3) is 0.293. The summed E-state index contributed by atoms with van der Waals surface area (Å²) in [7, 11) is 0. The highest BCUT2D eigenvalue weighted by atomic mass is 19.1. The first-order chi connectivity index (χ1) is 24.2. The lowest BCUT2D eigenvalue weighted by atomic mass is 9.90. The summed E-state index contributed by atoms with van der Waals surface area (Å²) in [4.78, 5) is 11.6. The molecule has 0 radical (unpaired) electrons. The van der Waals surface area contributed by atoms with Gasteiger partial charge in [-0.05, 0) is 70.5 Å². The fourth-order valence-corrected chi connectivity index (χ4v) is 5.26. The number of hydrogen-bond donors (Lipinski definition) is 3. The number of carbonyl (C=O) groups is 1. The lowest BCUT2D eigenvalue weighted by Crippen LogP contribution is -2.19. The maximum absolute atomic E-state index is 16.4. The van der Waals surface area contributed by atoms with E-state index in [-0.39, 0.29) is 30.5 Å². The molecule has 50 heavy (non-hydrogen) atoms. The van der Waals surface area contributed by atoms with Gasteiger partial charge in [-0.25, -0.2) is 9.18 Å². The van der Waals surface area contributed by atoms with Gasteiger partial charge in [-0.15, -0.1) is 0 Å². The van der Waals surface area contributed by atoms with Gasteiger partial charge in [0.15, 0.2) is 13.1 Å². The molecule has 4 rings (SSSR count). The molecule has 3 N–H and O–H groups in total. The highest BCUT2D eigenvalue weighted by Gasteiger charge is 2.17.